The molecule has 1 aliphatic heterocycles. The second-order valence-electron chi connectivity index (χ2n) is 4.91. The van der Waals surface area contributed by atoms with Crippen molar-refractivity contribution < 1.29 is 19.4 Å². The molecule has 5 nitrogen and oxygen atoms in total. The van der Waals surface area contributed by atoms with Gasteiger partial charge in [0.2, 0.25) is 0 Å². The largest absolute Gasteiger partial charge is 0.481 e. The number of carbonyl (C=O) groups excluding carboxylic acids is 1. The molecule has 1 aliphatic rings. The van der Waals surface area contributed by atoms with Gasteiger partial charge in [0.15, 0.2) is 0 Å². The first-order valence-electron chi connectivity index (χ1n) is 6.46. The molecule has 0 aromatic heterocycles. The van der Waals surface area contributed by atoms with E-state index < -0.39 is 12.0 Å². The van der Waals surface area contributed by atoms with Gasteiger partial charge in [0.1, 0.15) is 0 Å². The van der Waals surface area contributed by atoms with Gasteiger partial charge in [0.05, 0.1) is 30.7 Å². The maximum atomic E-state index is 12.6. The zero-order chi connectivity index (χ0) is 15.6. The molecule has 0 radical (unpaired) electrons. The molecule has 7 heteroatoms. The molecule has 1 N–H and O–H groups in total. The van der Waals surface area contributed by atoms with Crippen LogP contribution in [0.1, 0.15) is 22.3 Å². The highest BCUT2D eigenvalue weighted by atomic mass is 79.9. The molecule has 1 unspecified atom stereocenters. The van der Waals surface area contributed by atoms with Gasteiger partial charge in [-0.3, -0.25) is 9.59 Å². The molecule has 1 aromatic carbocycles. The lowest BCUT2D eigenvalue weighted by molar-refractivity contribution is -0.139. The number of carboxylic acids is 1. The van der Waals surface area contributed by atoms with Crippen LogP contribution in [0.4, 0.5) is 0 Å². The number of carboxylic acid groups (broad SMARTS) is 1. The van der Waals surface area contributed by atoms with Gasteiger partial charge >= 0.3 is 5.97 Å². The highest BCUT2D eigenvalue weighted by Crippen LogP contribution is 2.28. The number of aliphatic carboxylic acids is 1. The number of hydrogen-bond acceptors (Lipinski definition) is 3. The number of carbonyl (C=O) groups is 2. The summed E-state index contributed by atoms with van der Waals surface area (Å²) < 4.78 is 6.03. The Balaban J connectivity index is 2.26. The fourth-order valence-corrected chi connectivity index (χ4v) is 2.80. The molecule has 0 saturated carbocycles. The lowest BCUT2D eigenvalue weighted by atomic mass is 10.1. The van der Waals surface area contributed by atoms with Crippen molar-refractivity contribution in [1.29, 1.82) is 0 Å². The van der Waals surface area contributed by atoms with Gasteiger partial charge < -0.3 is 14.7 Å². The van der Waals surface area contributed by atoms with E-state index in [-0.39, 0.29) is 18.9 Å². The van der Waals surface area contributed by atoms with E-state index in [1.165, 1.54) is 0 Å². The number of hydrogen-bond donors (Lipinski definition) is 1. The fraction of sp³-hybridized carbons (Fsp3) is 0.429. The highest BCUT2D eigenvalue weighted by molar-refractivity contribution is 9.10. The third-order valence-corrected chi connectivity index (χ3v) is 4.93. The molecule has 0 spiro atoms. The first kappa shape index (κ1) is 16.3. The molecule has 21 heavy (non-hydrogen) atoms. The molecule has 1 aromatic rings. The average molecular weight is 377 g/mol. The van der Waals surface area contributed by atoms with Crippen LogP contribution in [-0.4, -0.2) is 47.7 Å². The third-order valence-electron chi connectivity index (χ3n) is 3.36. The normalized spacial score (nSPS) is 18.6. The maximum absolute atomic E-state index is 12.6. The monoisotopic (exact) mass is 375 g/mol. The maximum Gasteiger partial charge on any atom is 0.305 e. The van der Waals surface area contributed by atoms with Crippen molar-refractivity contribution in [1.82, 2.24) is 4.90 Å². The summed E-state index contributed by atoms with van der Waals surface area (Å²) in [4.78, 5) is 25.1. The van der Waals surface area contributed by atoms with Crippen molar-refractivity contribution in [3.05, 3.63) is 32.8 Å². The minimum atomic E-state index is -0.951. The van der Waals surface area contributed by atoms with Crippen LogP contribution in [0, 0.1) is 6.92 Å². The van der Waals surface area contributed by atoms with Crippen molar-refractivity contribution in [2.45, 2.75) is 19.4 Å². The fourth-order valence-electron chi connectivity index (χ4n) is 2.31. The van der Waals surface area contributed by atoms with Crippen LogP contribution in [-0.2, 0) is 9.53 Å². The van der Waals surface area contributed by atoms with E-state index in [0.29, 0.717) is 23.7 Å². The molecule has 1 fully saturated rings. The van der Waals surface area contributed by atoms with E-state index in [2.05, 4.69) is 15.9 Å². The molecule has 0 bridgehead atoms. The molecule has 1 amide bonds. The van der Waals surface area contributed by atoms with Crippen LogP contribution in [0.25, 0.3) is 0 Å². The highest BCUT2D eigenvalue weighted by Gasteiger charge is 2.30. The molecular formula is C14H15BrClNO4. The molecule has 1 saturated heterocycles. The van der Waals surface area contributed by atoms with E-state index in [0.717, 1.165) is 10.0 Å². The van der Waals surface area contributed by atoms with Gasteiger partial charge in [-0.1, -0.05) is 11.6 Å². The SMILES string of the molecule is Cc1cc(C(=O)N2CCOCC2CC(=O)O)cc(Cl)c1Br. The number of morpholine rings is 1. The van der Waals surface area contributed by atoms with Crippen LogP contribution in [0.15, 0.2) is 16.6 Å². The Kier molecular flexibility index (Phi) is 5.24. The van der Waals surface area contributed by atoms with Crippen molar-refractivity contribution in [3.63, 3.8) is 0 Å². The summed E-state index contributed by atoms with van der Waals surface area (Å²) in [7, 11) is 0. The molecule has 0 aliphatic carbocycles. The minimum Gasteiger partial charge on any atom is -0.481 e. The minimum absolute atomic E-state index is 0.130. The first-order valence-corrected chi connectivity index (χ1v) is 7.63. The second-order valence-corrected chi connectivity index (χ2v) is 6.11. The van der Waals surface area contributed by atoms with Gasteiger partial charge in [-0.2, -0.15) is 0 Å². The number of benzene rings is 1. The van der Waals surface area contributed by atoms with E-state index >= 15 is 0 Å². The van der Waals surface area contributed by atoms with E-state index in [9.17, 15) is 9.59 Å². The second kappa shape index (κ2) is 6.77. The number of ether oxygens (including phenoxy) is 1. The Hall–Kier alpha value is -1.11. The topological polar surface area (TPSA) is 66.8 Å². The lowest BCUT2D eigenvalue weighted by Gasteiger charge is -2.35. The van der Waals surface area contributed by atoms with Gasteiger partial charge in [-0.05, 0) is 40.5 Å². The lowest BCUT2D eigenvalue weighted by Crippen LogP contribution is -2.49. The van der Waals surface area contributed by atoms with Crippen molar-refractivity contribution in [2.75, 3.05) is 19.8 Å². The summed E-state index contributed by atoms with van der Waals surface area (Å²) in [5.74, 6) is -1.17. The molecule has 1 heterocycles. The quantitative estimate of drug-likeness (QED) is 0.881. The Bertz CT molecular complexity index is 555. The average Bonchev–Trinajstić information content (AvgIpc) is 2.43. The Morgan fingerprint density at radius 2 is 2.24 bits per heavy atom. The van der Waals surface area contributed by atoms with Crippen LogP contribution in [0.3, 0.4) is 0 Å². The van der Waals surface area contributed by atoms with E-state index in [1.54, 1.807) is 17.0 Å². The number of halogens is 2. The number of aryl methyl sites for hydroxylation is 1. The summed E-state index contributed by atoms with van der Waals surface area (Å²) in [6.07, 6.45) is -0.130. The zero-order valence-corrected chi connectivity index (χ0v) is 13.8. The molecular weight excluding hydrogens is 362 g/mol. The van der Waals surface area contributed by atoms with Gasteiger partial charge in [0, 0.05) is 16.6 Å². The molecule has 2 rings (SSSR count). The Labute approximate surface area is 136 Å². The summed E-state index contributed by atoms with van der Waals surface area (Å²) >= 11 is 9.43. The molecule has 1 atom stereocenters. The third kappa shape index (κ3) is 3.75. The van der Waals surface area contributed by atoms with Crippen LogP contribution >= 0.6 is 27.5 Å². The Morgan fingerprint density at radius 3 is 2.86 bits per heavy atom. The smallest absolute Gasteiger partial charge is 0.305 e. The van der Waals surface area contributed by atoms with Crippen LogP contribution < -0.4 is 0 Å². The van der Waals surface area contributed by atoms with Gasteiger partial charge in [-0.15, -0.1) is 0 Å². The summed E-state index contributed by atoms with van der Waals surface area (Å²) in [6.45, 7) is 2.87. The number of nitrogens with zero attached hydrogens (tertiary/aromatic N) is 1. The van der Waals surface area contributed by atoms with Crippen molar-refractivity contribution in [2.24, 2.45) is 0 Å². The standard InChI is InChI=1S/C14H15BrClNO4/c1-8-4-9(5-11(16)13(8)15)14(20)17-2-3-21-7-10(17)6-12(18)19/h4-5,10H,2-3,6-7H2,1H3,(H,18,19). The predicted molar refractivity (Wildman–Crippen MR) is 81.8 cm³/mol. The first-order chi connectivity index (χ1) is 9.90. The Morgan fingerprint density at radius 1 is 1.52 bits per heavy atom. The number of amides is 1. The van der Waals surface area contributed by atoms with Crippen molar-refractivity contribution in [3.8, 4) is 0 Å². The van der Waals surface area contributed by atoms with E-state index in [1.807, 2.05) is 6.92 Å². The van der Waals surface area contributed by atoms with Gasteiger partial charge in [-0.25, -0.2) is 0 Å². The summed E-state index contributed by atoms with van der Waals surface area (Å²) in [5, 5.41) is 9.40. The van der Waals surface area contributed by atoms with Crippen LogP contribution in [0.5, 0.6) is 0 Å². The summed E-state index contributed by atoms with van der Waals surface area (Å²) in [5.41, 5.74) is 1.31. The van der Waals surface area contributed by atoms with Crippen molar-refractivity contribution >= 4 is 39.4 Å². The van der Waals surface area contributed by atoms with E-state index in [4.69, 9.17) is 21.4 Å². The predicted octanol–water partition coefficient (Wildman–Crippen LogP) is 2.73. The molecule has 114 valence electrons. The zero-order valence-electron chi connectivity index (χ0n) is 11.4. The number of rotatable bonds is 3. The van der Waals surface area contributed by atoms with Gasteiger partial charge in [0.25, 0.3) is 5.91 Å². The van der Waals surface area contributed by atoms with Crippen LogP contribution in [0.2, 0.25) is 5.02 Å². The summed E-state index contributed by atoms with van der Waals surface area (Å²) in [6, 6.07) is 2.88.